The minimum atomic E-state index is 0.287. The molecule has 0 bridgehead atoms. The highest BCUT2D eigenvalue weighted by molar-refractivity contribution is 5.41. The fourth-order valence-electron chi connectivity index (χ4n) is 2.50. The van der Waals surface area contributed by atoms with E-state index in [1.165, 1.54) is 24.8 Å². The normalized spacial score (nSPS) is 23.6. The van der Waals surface area contributed by atoms with Crippen LogP contribution < -0.4 is 10.1 Å². The summed E-state index contributed by atoms with van der Waals surface area (Å²) in [6.07, 6.45) is 5.09. The molecule has 1 aromatic carbocycles. The summed E-state index contributed by atoms with van der Waals surface area (Å²) in [4.78, 5) is 0. The highest BCUT2D eigenvalue weighted by Gasteiger charge is 2.22. The molecule has 2 N–H and O–H groups in total. The van der Waals surface area contributed by atoms with Gasteiger partial charge in [0.1, 0.15) is 11.5 Å². The summed E-state index contributed by atoms with van der Waals surface area (Å²) in [5.74, 6) is 1.70. The van der Waals surface area contributed by atoms with Crippen molar-refractivity contribution in [2.24, 2.45) is 5.92 Å². The molecule has 17 heavy (non-hydrogen) atoms. The average molecular weight is 233 g/mol. The quantitative estimate of drug-likeness (QED) is 0.840. The number of aromatic hydroxyl groups is 1. The molecule has 3 heteroatoms. The average Bonchev–Trinajstić information content (AvgIpc) is 2.27. The van der Waals surface area contributed by atoms with Crippen LogP contribution in [0.2, 0.25) is 0 Å². The first-order valence-corrected chi connectivity index (χ1v) is 6.49. The van der Waals surface area contributed by atoms with E-state index in [1.807, 2.05) is 6.07 Å². The Morgan fingerprint density at radius 3 is 3.00 bits per heavy atom. The molecule has 1 atom stereocenters. The lowest BCUT2D eigenvalue weighted by atomic mass is 9.91. The molecule has 0 amide bonds. The summed E-state index contributed by atoms with van der Waals surface area (Å²) in [6.45, 7) is 1.81. The lowest BCUT2D eigenvalue weighted by molar-refractivity contribution is 0.205. The van der Waals surface area contributed by atoms with Gasteiger partial charge in [0.2, 0.25) is 0 Å². The molecule has 1 heterocycles. The maximum absolute atomic E-state index is 9.38. The van der Waals surface area contributed by atoms with E-state index >= 15 is 0 Å². The van der Waals surface area contributed by atoms with Crippen molar-refractivity contribution >= 4 is 0 Å². The number of ether oxygens (including phenoxy) is 1. The van der Waals surface area contributed by atoms with Gasteiger partial charge >= 0.3 is 0 Å². The zero-order valence-electron chi connectivity index (χ0n) is 9.98. The van der Waals surface area contributed by atoms with Crippen molar-refractivity contribution in [1.29, 1.82) is 0 Å². The van der Waals surface area contributed by atoms with E-state index in [2.05, 4.69) is 5.32 Å². The Labute approximate surface area is 102 Å². The van der Waals surface area contributed by atoms with Crippen molar-refractivity contribution in [3.63, 3.8) is 0 Å². The van der Waals surface area contributed by atoms with Gasteiger partial charge in [-0.1, -0.05) is 12.5 Å². The molecule has 3 nitrogen and oxygen atoms in total. The highest BCUT2D eigenvalue weighted by Crippen LogP contribution is 2.30. The van der Waals surface area contributed by atoms with Crippen molar-refractivity contribution in [1.82, 2.24) is 5.32 Å². The van der Waals surface area contributed by atoms with Gasteiger partial charge in [-0.2, -0.15) is 0 Å². The topological polar surface area (TPSA) is 41.5 Å². The van der Waals surface area contributed by atoms with Crippen molar-refractivity contribution in [2.45, 2.75) is 31.7 Å². The van der Waals surface area contributed by atoms with Gasteiger partial charge in [0.15, 0.2) is 0 Å². The first kappa shape index (κ1) is 10.9. The Morgan fingerprint density at radius 1 is 1.35 bits per heavy atom. The number of rotatable bonds is 3. The lowest BCUT2D eigenvalue weighted by Crippen LogP contribution is -2.40. The molecule has 1 aromatic rings. The third-order valence-electron chi connectivity index (χ3n) is 3.83. The predicted molar refractivity (Wildman–Crippen MR) is 66.4 cm³/mol. The van der Waals surface area contributed by atoms with Crippen LogP contribution in [-0.2, 0) is 6.42 Å². The Balaban J connectivity index is 1.58. The van der Waals surface area contributed by atoms with Crippen LogP contribution in [0.15, 0.2) is 18.2 Å². The van der Waals surface area contributed by atoms with E-state index < -0.39 is 0 Å². The van der Waals surface area contributed by atoms with Crippen molar-refractivity contribution in [3.05, 3.63) is 23.8 Å². The Bertz CT molecular complexity index is 401. The zero-order chi connectivity index (χ0) is 11.7. The molecular formula is C14H19NO2. The summed E-state index contributed by atoms with van der Waals surface area (Å²) in [5.41, 5.74) is 1.22. The summed E-state index contributed by atoms with van der Waals surface area (Å²) in [5, 5.41) is 13.0. The van der Waals surface area contributed by atoms with Crippen LogP contribution >= 0.6 is 0 Å². The third kappa shape index (κ3) is 2.39. The minimum Gasteiger partial charge on any atom is -0.508 e. The molecule has 1 aliphatic carbocycles. The minimum absolute atomic E-state index is 0.287. The molecular weight excluding hydrogens is 214 g/mol. The number of phenolic OH excluding ortho intramolecular Hbond substituents is 1. The van der Waals surface area contributed by atoms with Gasteiger partial charge in [-0.05, 0) is 30.9 Å². The number of fused-ring (bicyclic) bond motifs is 1. The molecule has 1 fully saturated rings. The van der Waals surface area contributed by atoms with E-state index in [0.29, 0.717) is 5.92 Å². The largest absolute Gasteiger partial charge is 0.508 e. The maximum Gasteiger partial charge on any atom is 0.126 e. The second-order valence-corrected chi connectivity index (χ2v) is 5.21. The van der Waals surface area contributed by atoms with Crippen molar-refractivity contribution < 1.29 is 9.84 Å². The first-order valence-electron chi connectivity index (χ1n) is 6.49. The molecule has 1 aliphatic heterocycles. The Kier molecular flexibility index (Phi) is 2.93. The Morgan fingerprint density at radius 2 is 2.24 bits per heavy atom. The number of benzene rings is 1. The standard InChI is InChI=1S/C14H19NO2/c16-13-5-4-11-6-10(9-17-14(11)7-13)8-15-12-2-1-3-12/h4-5,7,10,12,15-16H,1-3,6,8-9H2. The smallest absolute Gasteiger partial charge is 0.126 e. The molecule has 3 rings (SSSR count). The van der Waals surface area contributed by atoms with Crippen LogP contribution in [0.3, 0.4) is 0 Å². The van der Waals surface area contributed by atoms with Gasteiger partial charge in [-0.15, -0.1) is 0 Å². The summed E-state index contributed by atoms with van der Waals surface area (Å²) in [7, 11) is 0. The Hall–Kier alpha value is -1.22. The van der Waals surface area contributed by atoms with E-state index in [-0.39, 0.29) is 5.75 Å². The van der Waals surface area contributed by atoms with Gasteiger partial charge in [0.05, 0.1) is 6.61 Å². The maximum atomic E-state index is 9.38. The van der Waals surface area contributed by atoms with Crippen LogP contribution in [0.5, 0.6) is 11.5 Å². The van der Waals surface area contributed by atoms with E-state index in [9.17, 15) is 5.11 Å². The third-order valence-corrected chi connectivity index (χ3v) is 3.83. The molecule has 1 unspecified atom stereocenters. The number of phenols is 1. The molecule has 0 saturated heterocycles. The predicted octanol–water partition coefficient (Wildman–Crippen LogP) is 2.09. The van der Waals surface area contributed by atoms with Gasteiger partial charge < -0.3 is 15.2 Å². The molecule has 2 aliphatic rings. The van der Waals surface area contributed by atoms with Crippen molar-refractivity contribution in [2.75, 3.05) is 13.2 Å². The van der Waals surface area contributed by atoms with Crippen LogP contribution in [0, 0.1) is 5.92 Å². The highest BCUT2D eigenvalue weighted by atomic mass is 16.5. The van der Waals surface area contributed by atoms with Gasteiger partial charge in [0.25, 0.3) is 0 Å². The first-order chi connectivity index (χ1) is 8.31. The molecule has 0 spiro atoms. The monoisotopic (exact) mass is 233 g/mol. The van der Waals surface area contributed by atoms with E-state index in [4.69, 9.17) is 4.74 Å². The SMILES string of the molecule is Oc1ccc2c(c1)OCC(CNC1CCC1)C2. The van der Waals surface area contributed by atoms with Crippen molar-refractivity contribution in [3.8, 4) is 11.5 Å². The fraction of sp³-hybridized carbons (Fsp3) is 0.571. The summed E-state index contributed by atoms with van der Waals surface area (Å²) >= 11 is 0. The molecule has 1 saturated carbocycles. The van der Waals surface area contributed by atoms with Crippen LogP contribution in [-0.4, -0.2) is 24.3 Å². The van der Waals surface area contributed by atoms with Crippen LogP contribution in [0.25, 0.3) is 0 Å². The number of nitrogens with one attached hydrogen (secondary N) is 1. The van der Waals surface area contributed by atoms with E-state index in [1.54, 1.807) is 12.1 Å². The lowest BCUT2D eigenvalue weighted by Gasteiger charge is -2.31. The molecule has 92 valence electrons. The zero-order valence-corrected chi connectivity index (χ0v) is 9.98. The van der Waals surface area contributed by atoms with Crippen LogP contribution in [0.4, 0.5) is 0 Å². The summed E-state index contributed by atoms with van der Waals surface area (Å²) in [6, 6.07) is 6.17. The fourth-order valence-corrected chi connectivity index (χ4v) is 2.50. The van der Waals surface area contributed by atoms with Gasteiger partial charge in [0, 0.05) is 24.6 Å². The second-order valence-electron chi connectivity index (χ2n) is 5.21. The van der Waals surface area contributed by atoms with E-state index in [0.717, 1.165) is 31.4 Å². The molecule has 0 aromatic heterocycles. The second kappa shape index (κ2) is 4.57. The number of hydrogen-bond donors (Lipinski definition) is 2. The van der Waals surface area contributed by atoms with Gasteiger partial charge in [-0.3, -0.25) is 0 Å². The summed E-state index contributed by atoms with van der Waals surface area (Å²) < 4.78 is 5.70. The molecule has 0 radical (unpaired) electrons. The van der Waals surface area contributed by atoms with Gasteiger partial charge in [-0.25, -0.2) is 0 Å². The van der Waals surface area contributed by atoms with Crippen LogP contribution in [0.1, 0.15) is 24.8 Å². The number of hydrogen-bond acceptors (Lipinski definition) is 3.